The Hall–Kier alpha value is -2.67. The molecule has 0 bridgehead atoms. The molecule has 112 valence electrons. The standard InChI is InChI=1S/C15H12N2O4S/c1-2-21-12-8-9(17(19)20)7-10(14(12)18)15-16-11-5-3-4-6-13(11)22-15/h3-8,18H,2H2,1H3/p-1. The Kier molecular flexibility index (Phi) is 3.64. The molecule has 0 aliphatic rings. The highest BCUT2D eigenvalue weighted by atomic mass is 32.1. The van der Waals surface area contributed by atoms with Crippen LogP contribution < -0.4 is 9.84 Å². The number of thiazole rings is 1. The van der Waals surface area contributed by atoms with E-state index in [9.17, 15) is 15.2 Å². The predicted octanol–water partition coefficient (Wildman–Crippen LogP) is 3.34. The van der Waals surface area contributed by atoms with Crippen LogP contribution in [0.25, 0.3) is 20.8 Å². The van der Waals surface area contributed by atoms with E-state index in [0.717, 1.165) is 16.3 Å². The highest BCUT2D eigenvalue weighted by molar-refractivity contribution is 7.21. The summed E-state index contributed by atoms with van der Waals surface area (Å²) in [6.07, 6.45) is 0. The fourth-order valence-electron chi connectivity index (χ4n) is 2.10. The van der Waals surface area contributed by atoms with Crippen molar-refractivity contribution in [2.24, 2.45) is 0 Å². The van der Waals surface area contributed by atoms with E-state index in [1.54, 1.807) is 6.92 Å². The summed E-state index contributed by atoms with van der Waals surface area (Å²) in [5, 5.41) is 23.9. The van der Waals surface area contributed by atoms with Crippen LogP contribution in [-0.2, 0) is 0 Å². The average molecular weight is 315 g/mol. The summed E-state index contributed by atoms with van der Waals surface area (Å²) in [6.45, 7) is 1.98. The third-order valence-corrected chi connectivity index (χ3v) is 4.14. The second kappa shape index (κ2) is 5.61. The van der Waals surface area contributed by atoms with Crippen molar-refractivity contribution in [1.82, 2.24) is 4.98 Å². The molecule has 0 unspecified atom stereocenters. The van der Waals surface area contributed by atoms with Gasteiger partial charge in [-0.1, -0.05) is 17.9 Å². The van der Waals surface area contributed by atoms with E-state index >= 15 is 0 Å². The van der Waals surface area contributed by atoms with E-state index in [-0.39, 0.29) is 29.4 Å². The first-order valence-corrected chi connectivity index (χ1v) is 7.40. The van der Waals surface area contributed by atoms with Crippen LogP contribution in [0.15, 0.2) is 36.4 Å². The number of rotatable bonds is 4. The van der Waals surface area contributed by atoms with Crippen LogP contribution in [0.4, 0.5) is 5.69 Å². The molecular weight excluding hydrogens is 304 g/mol. The Morgan fingerprint density at radius 2 is 2.09 bits per heavy atom. The maximum Gasteiger partial charge on any atom is 0.273 e. The fraction of sp³-hybridized carbons (Fsp3) is 0.133. The van der Waals surface area contributed by atoms with Gasteiger partial charge >= 0.3 is 0 Å². The molecule has 0 saturated heterocycles. The normalized spacial score (nSPS) is 10.8. The summed E-state index contributed by atoms with van der Waals surface area (Å²) in [5.41, 5.74) is 0.766. The molecule has 0 aliphatic carbocycles. The molecule has 3 aromatic rings. The molecule has 6 nitrogen and oxygen atoms in total. The van der Waals surface area contributed by atoms with Gasteiger partial charge in [0.15, 0.2) is 0 Å². The van der Waals surface area contributed by atoms with Gasteiger partial charge in [-0.2, -0.15) is 0 Å². The van der Waals surface area contributed by atoms with Gasteiger partial charge in [0.05, 0.1) is 27.8 Å². The summed E-state index contributed by atoms with van der Waals surface area (Å²) in [5.74, 6) is -0.405. The SMILES string of the molecule is CCOc1cc([N+](=O)[O-])cc(-c2nc3ccccc3s2)c1[O-]. The number of nitro groups is 1. The molecule has 22 heavy (non-hydrogen) atoms. The van der Waals surface area contributed by atoms with E-state index in [0.29, 0.717) is 5.01 Å². The lowest BCUT2D eigenvalue weighted by molar-refractivity contribution is -0.385. The zero-order valence-corrected chi connectivity index (χ0v) is 12.4. The first-order chi connectivity index (χ1) is 10.6. The maximum atomic E-state index is 12.4. The number of non-ortho nitro benzene ring substituents is 1. The smallest absolute Gasteiger partial charge is 0.273 e. The lowest BCUT2D eigenvalue weighted by Crippen LogP contribution is -2.02. The van der Waals surface area contributed by atoms with Crippen molar-refractivity contribution in [3.8, 4) is 22.1 Å². The molecule has 7 heteroatoms. The van der Waals surface area contributed by atoms with Crippen LogP contribution in [0.2, 0.25) is 0 Å². The number of aromatic nitrogens is 1. The van der Waals surface area contributed by atoms with Gasteiger partial charge < -0.3 is 9.84 Å². The maximum absolute atomic E-state index is 12.4. The molecule has 1 aromatic heterocycles. The quantitative estimate of drug-likeness (QED) is 0.544. The van der Waals surface area contributed by atoms with E-state index in [1.165, 1.54) is 17.4 Å². The van der Waals surface area contributed by atoms with Crippen LogP contribution in [0.3, 0.4) is 0 Å². The van der Waals surface area contributed by atoms with Crippen molar-refractivity contribution in [3.05, 3.63) is 46.5 Å². The monoisotopic (exact) mass is 315 g/mol. The Balaban J connectivity index is 2.21. The van der Waals surface area contributed by atoms with Crippen LogP contribution in [0.1, 0.15) is 6.92 Å². The molecule has 0 aliphatic heterocycles. The van der Waals surface area contributed by atoms with Gasteiger partial charge in [-0.05, 0) is 19.1 Å². The number of fused-ring (bicyclic) bond motifs is 1. The highest BCUT2D eigenvalue weighted by Gasteiger charge is 2.16. The number of hydrogen-bond donors (Lipinski definition) is 0. The number of para-hydroxylation sites is 1. The zero-order valence-electron chi connectivity index (χ0n) is 11.6. The van der Waals surface area contributed by atoms with Crippen LogP contribution in [0, 0.1) is 10.1 Å². The first-order valence-electron chi connectivity index (χ1n) is 6.58. The van der Waals surface area contributed by atoms with Crippen LogP contribution in [0.5, 0.6) is 11.5 Å². The largest absolute Gasteiger partial charge is 0.869 e. The van der Waals surface area contributed by atoms with E-state index in [1.807, 2.05) is 24.3 Å². The summed E-state index contributed by atoms with van der Waals surface area (Å²) in [4.78, 5) is 14.9. The van der Waals surface area contributed by atoms with Gasteiger partial charge in [0.1, 0.15) is 10.8 Å². The number of ether oxygens (including phenoxy) is 1. The van der Waals surface area contributed by atoms with Gasteiger partial charge in [0, 0.05) is 11.6 Å². The average Bonchev–Trinajstić information content (AvgIpc) is 2.93. The molecule has 0 fully saturated rings. The van der Waals surface area contributed by atoms with E-state index < -0.39 is 4.92 Å². The molecule has 0 amide bonds. The Labute approximate surface area is 129 Å². The van der Waals surface area contributed by atoms with Crippen molar-refractivity contribution in [2.45, 2.75) is 6.92 Å². The van der Waals surface area contributed by atoms with Crippen LogP contribution >= 0.6 is 11.3 Å². The molecular formula is C15H11N2O4S-. The predicted molar refractivity (Wildman–Crippen MR) is 82.3 cm³/mol. The minimum Gasteiger partial charge on any atom is -0.869 e. The topological polar surface area (TPSA) is 88.3 Å². The number of benzene rings is 2. The Bertz CT molecular complexity index is 827. The second-order valence-electron chi connectivity index (χ2n) is 4.50. The Morgan fingerprint density at radius 1 is 1.32 bits per heavy atom. The number of nitro benzene ring substituents is 1. The van der Waals surface area contributed by atoms with Crippen molar-refractivity contribution in [2.75, 3.05) is 6.61 Å². The third-order valence-electron chi connectivity index (χ3n) is 3.07. The van der Waals surface area contributed by atoms with E-state index in [4.69, 9.17) is 4.74 Å². The lowest BCUT2D eigenvalue weighted by atomic mass is 10.1. The molecule has 0 atom stereocenters. The molecule has 1 heterocycles. The summed E-state index contributed by atoms with van der Waals surface area (Å²) in [7, 11) is 0. The molecule has 0 spiro atoms. The van der Waals surface area contributed by atoms with Gasteiger partial charge in [0.2, 0.25) is 0 Å². The minimum absolute atomic E-state index is 0.0223. The summed E-state index contributed by atoms with van der Waals surface area (Å²) in [6, 6.07) is 9.86. The van der Waals surface area contributed by atoms with Crippen LogP contribution in [-0.4, -0.2) is 16.5 Å². The van der Waals surface area contributed by atoms with Gasteiger partial charge in [-0.25, -0.2) is 4.98 Å². The van der Waals surface area contributed by atoms with Crippen molar-refractivity contribution < 1.29 is 14.8 Å². The lowest BCUT2D eigenvalue weighted by Gasteiger charge is -2.17. The molecule has 3 rings (SSSR count). The summed E-state index contributed by atoms with van der Waals surface area (Å²) >= 11 is 1.32. The first kappa shape index (κ1) is 14.3. The van der Waals surface area contributed by atoms with Crippen molar-refractivity contribution >= 4 is 27.2 Å². The molecule has 0 N–H and O–H groups in total. The fourth-order valence-corrected chi connectivity index (χ4v) is 3.08. The number of nitrogens with zero attached hydrogens (tertiary/aromatic N) is 2. The second-order valence-corrected chi connectivity index (χ2v) is 5.53. The van der Waals surface area contributed by atoms with Gasteiger partial charge in [0.25, 0.3) is 5.69 Å². The summed E-state index contributed by atoms with van der Waals surface area (Å²) < 4.78 is 6.14. The van der Waals surface area contributed by atoms with Gasteiger partial charge in [-0.15, -0.1) is 11.3 Å². The molecule has 0 radical (unpaired) electrons. The molecule has 0 saturated carbocycles. The third kappa shape index (κ3) is 2.46. The zero-order chi connectivity index (χ0) is 15.7. The highest BCUT2D eigenvalue weighted by Crippen LogP contribution is 2.41. The molecule has 2 aromatic carbocycles. The van der Waals surface area contributed by atoms with Crippen molar-refractivity contribution in [1.29, 1.82) is 0 Å². The minimum atomic E-state index is -0.543. The van der Waals surface area contributed by atoms with Gasteiger partial charge in [-0.3, -0.25) is 10.1 Å². The van der Waals surface area contributed by atoms with Crippen molar-refractivity contribution in [3.63, 3.8) is 0 Å². The number of hydrogen-bond acceptors (Lipinski definition) is 6. The Morgan fingerprint density at radius 3 is 2.77 bits per heavy atom. The van der Waals surface area contributed by atoms with E-state index in [2.05, 4.69) is 4.98 Å².